The van der Waals surface area contributed by atoms with E-state index in [0.717, 1.165) is 17.0 Å². The average molecular weight is 336 g/mol. The van der Waals surface area contributed by atoms with E-state index < -0.39 is 0 Å². The maximum Gasteiger partial charge on any atom is 0.269 e. The number of halogens is 1. The van der Waals surface area contributed by atoms with Gasteiger partial charge in [0.05, 0.1) is 16.9 Å². The van der Waals surface area contributed by atoms with Crippen LogP contribution in [0, 0.1) is 6.92 Å². The average Bonchev–Trinajstić information content (AvgIpc) is 3.09. The number of nitrogens with one attached hydrogen (secondary N) is 1. The molecule has 21 heavy (non-hydrogen) atoms. The molecule has 2 heterocycles. The Labute approximate surface area is 134 Å². The number of benzene rings is 1. The van der Waals surface area contributed by atoms with Gasteiger partial charge in [0, 0.05) is 16.0 Å². The molecule has 4 nitrogen and oxygen atoms in total. The van der Waals surface area contributed by atoms with Crippen LogP contribution in [0.1, 0.15) is 15.4 Å². The van der Waals surface area contributed by atoms with Gasteiger partial charge in [-0.05, 0) is 19.1 Å². The fraction of sp³-hybridized carbons (Fsp3) is 0.0714. The predicted molar refractivity (Wildman–Crippen MR) is 87.4 cm³/mol. The summed E-state index contributed by atoms with van der Waals surface area (Å²) in [5, 5.41) is 5.95. The minimum Gasteiger partial charge on any atom is -0.297 e. The van der Waals surface area contributed by atoms with Gasteiger partial charge in [-0.2, -0.15) is 0 Å². The van der Waals surface area contributed by atoms with Crippen molar-refractivity contribution in [3.8, 4) is 11.3 Å². The molecule has 0 unspecified atom stereocenters. The van der Waals surface area contributed by atoms with E-state index >= 15 is 0 Å². The third kappa shape index (κ3) is 3.12. The lowest BCUT2D eigenvalue weighted by molar-refractivity contribution is 0.103. The molecule has 0 aliphatic carbocycles. The van der Waals surface area contributed by atoms with Gasteiger partial charge in [0.2, 0.25) is 0 Å². The minimum atomic E-state index is -0.174. The van der Waals surface area contributed by atoms with E-state index in [1.807, 2.05) is 36.6 Å². The number of anilines is 1. The molecule has 0 radical (unpaired) electrons. The summed E-state index contributed by atoms with van der Waals surface area (Å²) in [7, 11) is 0. The molecular formula is C14H10ClN3OS2. The third-order valence-electron chi connectivity index (χ3n) is 2.82. The van der Waals surface area contributed by atoms with Crippen molar-refractivity contribution < 1.29 is 4.79 Å². The van der Waals surface area contributed by atoms with Crippen LogP contribution in [0.25, 0.3) is 11.3 Å². The van der Waals surface area contributed by atoms with Crippen LogP contribution in [0.3, 0.4) is 0 Å². The molecule has 1 N–H and O–H groups in total. The molecule has 0 aliphatic rings. The number of hydrogen-bond acceptors (Lipinski definition) is 5. The molecule has 7 heteroatoms. The molecule has 0 aliphatic heterocycles. The summed E-state index contributed by atoms with van der Waals surface area (Å²) >= 11 is 8.57. The number of thiazole rings is 2. The van der Waals surface area contributed by atoms with Gasteiger partial charge in [-0.3, -0.25) is 10.1 Å². The highest BCUT2D eigenvalue weighted by Gasteiger charge is 2.14. The van der Waals surface area contributed by atoms with E-state index in [0.29, 0.717) is 15.0 Å². The van der Waals surface area contributed by atoms with Gasteiger partial charge in [0.15, 0.2) is 5.13 Å². The highest BCUT2D eigenvalue weighted by Crippen LogP contribution is 2.26. The van der Waals surface area contributed by atoms with E-state index in [2.05, 4.69) is 15.3 Å². The number of nitrogens with zero attached hydrogens (tertiary/aromatic N) is 2. The van der Waals surface area contributed by atoms with Crippen molar-refractivity contribution in [2.75, 3.05) is 5.32 Å². The normalized spacial score (nSPS) is 10.6. The summed E-state index contributed by atoms with van der Waals surface area (Å²) in [5.74, 6) is -0.174. The van der Waals surface area contributed by atoms with Crippen LogP contribution in [0.2, 0.25) is 5.02 Å². The van der Waals surface area contributed by atoms with E-state index in [-0.39, 0.29) is 5.91 Å². The van der Waals surface area contributed by atoms with E-state index in [1.54, 1.807) is 5.51 Å². The number of rotatable bonds is 3. The Kier molecular flexibility index (Phi) is 4.01. The van der Waals surface area contributed by atoms with Crippen LogP contribution in [-0.4, -0.2) is 15.9 Å². The second-order valence-corrected chi connectivity index (χ2v) is 6.42. The summed E-state index contributed by atoms with van der Waals surface area (Å²) in [6.07, 6.45) is 0. The zero-order chi connectivity index (χ0) is 14.8. The Morgan fingerprint density at radius 2 is 2.00 bits per heavy atom. The van der Waals surface area contributed by atoms with Crippen molar-refractivity contribution >= 4 is 45.3 Å². The standard InChI is InChI=1S/C14H10ClN3OS2/c1-8-12(21-7-16-8)13(19)18-14-17-11(6-20-14)9-2-4-10(15)5-3-9/h2-7H,1H3,(H,17,18,19). The molecule has 2 aromatic heterocycles. The van der Waals surface area contributed by atoms with E-state index in [4.69, 9.17) is 11.6 Å². The molecule has 3 aromatic rings. The predicted octanol–water partition coefficient (Wildman–Crippen LogP) is 4.48. The first-order valence-electron chi connectivity index (χ1n) is 6.06. The number of hydrogen-bond donors (Lipinski definition) is 1. The van der Waals surface area contributed by atoms with Gasteiger partial charge < -0.3 is 0 Å². The zero-order valence-corrected chi connectivity index (χ0v) is 13.4. The van der Waals surface area contributed by atoms with E-state index in [9.17, 15) is 4.79 Å². The van der Waals surface area contributed by atoms with Gasteiger partial charge in [-0.1, -0.05) is 23.7 Å². The van der Waals surface area contributed by atoms with Crippen molar-refractivity contribution in [3.05, 3.63) is 50.7 Å². The number of amides is 1. The van der Waals surface area contributed by atoms with Gasteiger partial charge >= 0.3 is 0 Å². The van der Waals surface area contributed by atoms with Crippen LogP contribution in [0.5, 0.6) is 0 Å². The van der Waals surface area contributed by atoms with Crippen LogP contribution in [-0.2, 0) is 0 Å². The molecule has 0 fully saturated rings. The molecular weight excluding hydrogens is 326 g/mol. The number of carbonyl (C=O) groups excluding carboxylic acids is 1. The first-order valence-corrected chi connectivity index (χ1v) is 8.20. The van der Waals surface area contributed by atoms with Gasteiger partial charge in [-0.25, -0.2) is 9.97 Å². The Hall–Kier alpha value is -1.76. The highest BCUT2D eigenvalue weighted by atomic mass is 35.5. The molecule has 0 saturated carbocycles. The van der Waals surface area contributed by atoms with Crippen LogP contribution >= 0.6 is 34.3 Å². The third-order valence-corrected chi connectivity index (χ3v) is 4.75. The summed E-state index contributed by atoms with van der Waals surface area (Å²) in [5.41, 5.74) is 4.16. The Morgan fingerprint density at radius 3 is 2.67 bits per heavy atom. The van der Waals surface area contributed by atoms with Gasteiger partial charge in [0.1, 0.15) is 4.88 Å². The number of aromatic nitrogens is 2. The number of aryl methyl sites for hydroxylation is 1. The van der Waals surface area contributed by atoms with Crippen LogP contribution in [0.4, 0.5) is 5.13 Å². The highest BCUT2D eigenvalue weighted by molar-refractivity contribution is 7.14. The van der Waals surface area contributed by atoms with Crippen LogP contribution in [0.15, 0.2) is 35.2 Å². The summed E-state index contributed by atoms with van der Waals surface area (Å²) in [6, 6.07) is 7.43. The first-order chi connectivity index (χ1) is 10.1. The van der Waals surface area contributed by atoms with Gasteiger partial charge in [-0.15, -0.1) is 22.7 Å². The molecule has 1 aromatic carbocycles. The fourth-order valence-corrected chi connectivity index (χ4v) is 3.30. The molecule has 106 valence electrons. The zero-order valence-electron chi connectivity index (χ0n) is 11.0. The largest absolute Gasteiger partial charge is 0.297 e. The van der Waals surface area contributed by atoms with E-state index in [1.165, 1.54) is 22.7 Å². The topological polar surface area (TPSA) is 54.9 Å². The maximum atomic E-state index is 12.1. The smallest absolute Gasteiger partial charge is 0.269 e. The lowest BCUT2D eigenvalue weighted by atomic mass is 10.2. The monoisotopic (exact) mass is 335 g/mol. The summed E-state index contributed by atoms with van der Waals surface area (Å²) in [6.45, 7) is 1.81. The van der Waals surface area contributed by atoms with Crippen LogP contribution < -0.4 is 5.32 Å². The maximum absolute atomic E-state index is 12.1. The van der Waals surface area contributed by atoms with Crippen molar-refractivity contribution in [2.45, 2.75) is 6.92 Å². The molecule has 0 atom stereocenters. The van der Waals surface area contributed by atoms with Crippen molar-refractivity contribution in [1.29, 1.82) is 0 Å². The van der Waals surface area contributed by atoms with Gasteiger partial charge in [0.25, 0.3) is 5.91 Å². The van der Waals surface area contributed by atoms with Crippen molar-refractivity contribution in [2.24, 2.45) is 0 Å². The second-order valence-electron chi connectivity index (χ2n) is 4.27. The Morgan fingerprint density at radius 1 is 1.24 bits per heavy atom. The molecule has 0 bridgehead atoms. The fourth-order valence-electron chi connectivity index (χ4n) is 1.76. The quantitative estimate of drug-likeness (QED) is 0.767. The lowest BCUT2D eigenvalue weighted by Gasteiger charge is -1.99. The SMILES string of the molecule is Cc1ncsc1C(=O)Nc1nc(-c2ccc(Cl)cc2)cs1. The van der Waals surface area contributed by atoms with Crippen molar-refractivity contribution in [3.63, 3.8) is 0 Å². The van der Waals surface area contributed by atoms with Crippen molar-refractivity contribution in [1.82, 2.24) is 9.97 Å². The molecule has 0 saturated heterocycles. The summed E-state index contributed by atoms with van der Waals surface area (Å²) < 4.78 is 0. The number of carbonyl (C=O) groups is 1. The summed E-state index contributed by atoms with van der Waals surface area (Å²) in [4.78, 5) is 21.2. The molecule has 3 rings (SSSR count). The Balaban J connectivity index is 1.78. The molecule has 0 spiro atoms. The molecule has 1 amide bonds. The lowest BCUT2D eigenvalue weighted by Crippen LogP contribution is -2.11. The second kappa shape index (κ2) is 5.93. The Bertz CT molecular complexity index is 780. The minimum absolute atomic E-state index is 0.174. The first kappa shape index (κ1) is 14.2.